The minimum absolute atomic E-state index is 0.134. The van der Waals surface area contributed by atoms with E-state index >= 15 is 0 Å². The van der Waals surface area contributed by atoms with Crippen molar-refractivity contribution >= 4 is 11.6 Å². The highest BCUT2D eigenvalue weighted by molar-refractivity contribution is 6.31. The van der Waals surface area contributed by atoms with Crippen molar-refractivity contribution in [2.45, 2.75) is 24.7 Å². The van der Waals surface area contributed by atoms with Crippen molar-refractivity contribution in [3.63, 3.8) is 0 Å². The van der Waals surface area contributed by atoms with Gasteiger partial charge in [0, 0.05) is 5.02 Å². The number of nitriles is 1. The van der Waals surface area contributed by atoms with E-state index in [9.17, 15) is 8.78 Å². The minimum Gasteiger partial charge on any atom is -0.204 e. The molecule has 78 valence electrons. The highest BCUT2D eigenvalue weighted by atomic mass is 35.5. The van der Waals surface area contributed by atoms with Gasteiger partial charge in [0.15, 0.2) is 11.6 Å². The second-order valence-corrected chi connectivity index (χ2v) is 4.20. The maximum absolute atomic E-state index is 13.0. The van der Waals surface area contributed by atoms with E-state index < -0.39 is 17.0 Å². The maximum Gasteiger partial charge on any atom is 0.160 e. The normalized spacial score (nSPS) is 18.0. The fraction of sp³-hybridized carbons (Fsp3) is 0.364. The molecule has 1 fully saturated rings. The van der Waals surface area contributed by atoms with E-state index in [-0.39, 0.29) is 5.02 Å². The highest BCUT2D eigenvalue weighted by Crippen LogP contribution is 2.46. The largest absolute Gasteiger partial charge is 0.204 e. The van der Waals surface area contributed by atoms with E-state index in [0.29, 0.717) is 18.4 Å². The Balaban J connectivity index is 2.54. The third-order valence-corrected chi connectivity index (χ3v) is 3.26. The monoisotopic (exact) mass is 227 g/mol. The number of rotatable bonds is 1. The molecule has 0 aromatic heterocycles. The van der Waals surface area contributed by atoms with Crippen molar-refractivity contribution in [2.24, 2.45) is 0 Å². The summed E-state index contributed by atoms with van der Waals surface area (Å²) >= 11 is 5.82. The van der Waals surface area contributed by atoms with Gasteiger partial charge < -0.3 is 0 Å². The van der Waals surface area contributed by atoms with Crippen molar-refractivity contribution in [1.82, 2.24) is 0 Å². The maximum atomic E-state index is 13.0. The summed E-state index contributed by atoms with van der Waals surface area (Å²) in [6.45, 7) is 0. The zero-order valence-electron chi connectivity index (χ0n) is 7.86. The molecule has 1 aliphatic rings. The Hall–Kier alpha value is -1.14. The Morgan fingerprint density at radius 1 is 1.27 bits per heavy atom. The molecule has 0 saturated heterocycles. The van der Waals surface area contributed by atoms with Crippen molar-refractivity contribution in [3.05, 3.63) is 34.4 Å². The van der Waals surface area contributed by atoms with E-state index in [1.807, 2.05) is 0 Å². The molecular weight excluding hydrogens is 220 g/mol. The van der Waals surface area contributed by atoms with Crippen LogP contribution in [0.3, 0.4) is 0 Å². The molecule has 4 heteroatoms. The first kappa shape index (κ1) is 10.4. The first-order valence-electron chi connectivity index (χ1n) is 4.65. The lowest BCUT2D eigenvalue weighted by atomic mass is 9.65. The zero-order chi connectivity index (χ0) is 11.1. The molecule has 1 aromatic carbocycles. The molecule has 0 spiro atoms. The molecule has 0 heterocycles. The van der Waals surface area contributed by atoms with Gasteiger partial charge in [-0.2, -0.15) is 5.26 Å². The molecule has 0 amide bonds. The second kappa shape index (κ2) is 3.46. The molecule has 15 heavy (non-hydrogen) atoms. The summed E-state index contributed by atoms with van der Waals surface area (Å²) in [5, 5.41) is 9.18. The summed E-state index contributed by atoms with van der Waals surface area (Å²) in [4.78, 5) is 0. The lowest BCUT2D eigenvalue weighted by Crippen LogP contribution is -2.32. The van der Waals surface area contributed by atoms with Crippen LogP contribution in [0.25, 0.3) is 0 Å². The van der Waals surface area contributed by atoms with Crippen molar-refractivity contribution in [3.8, 4) is 6.07 Å². The SMILES string of the molecule is N#CC1(c2cc(F)c(F)cc2Cl)CCC1. The lowest BCUT2D eigenvalue weighted by molar-refractivity contribution is 0.322. The number of nitrogens with zero attached hydrogens (tertiary/aromatic N) is 1. The number of hydrogen-bond donors (Lipinski definition) is 0. The van der Waals surface area contributed by atoms with Crippen LogP contribution < -0.4 is 0 Å². The summed E-state index contributed by atoms with van der Waals surface area (Å²) in [7, 11) is 0. The lowest BCUT2D eigenvalue weighted by Gasteiger charge is -2.36. The summed E-state index contributed by atoms with van der Waals surface area (Å²) in [6.07, 6.45) is 2.24. The van der Waals surface area contributed by atoms with Gasteiger partial charge in [-0.3, -0.25) is 0 Å². The predicted molar refractivity (Wildman–Crippen MR) is 52.5 cm³/mol. The summed E-state index contributed by atoms with van der Waals surface area (Å²) in [5.74, 6) is -1.92. The van der Waals surface area contributed by atoms with Crippen molar-refractivity contribution in [1.29, 1.82) is 5.26 Å². The van der Waals surface area contributed by atoms with Crippen molar-refractivity contribution in [2.75, 3.05) is 0 Å². The first-order valence-corrected chi connectivity index (χ1v) is 5.03. The van der Waals surface area contributed by atoms with Gasteiger partial charge in [-0.05, 0) is 37.0 Å². The Morgan fingerprint density at radius 2 is 1.87 bits per heavy atom. The van der Waals surface area contributed by atoms with Gasteiger partial charge in [0.25, 0.3) is 0 Å². The van der Waals surface area contributed by atoms with Crippen molar-refractivity contribution < 1.29 is 8.78 Å². The molecule has 0 bridgehead atoms. The minimum atomic E-state index is -0.976. The smallest absolute Gasteiger partial charge is 0.160 e. The molecular formula is C11H8ClF2N. The van der Waals surface area contributed by atoms with E-state index in [2.05, 4.69) is 6.07 Å². The van der Waals surface area contributed by atoms with Gasteiger partial charge in [0.2, 0.25) is 0 Å². The summed E-state index contributed by atoms with van der Waals surface area (Å²) in [5.41, 5.74) is -0.289. The summed E-state index contributed by atoms with van der Waals surface area (Å²) in [6, 6.07) is 4.12. The number of benzene rings is 1. The molecule has 1 aliphatic carbocycles. The summed E-state index contributed by atoms with van der Waals surface area (Å²) < 4.78 is 25.9. The molecule has 0 aliphatic heterocycles. The fourth-order valence-corrected chi connectivity index (χ4v) is 2.19. The highest BCUT2D eigenvalue weighted by Gasteiger charge is 2.41. The quantitative estimate of drug-likeness (QED) is 0.673. The predicted octanol–water partition coefficient (Wildman–Crippen LogP) is 3.56. The topological polar surface area (TPSA) is 23.8 Å². The van der Waals surface area contributed by atoms with Gasteiger partial charge in [0.05, 0.1) is 11.5 Å². The van der Waals surface area contributed by atoms with Crippen LogP contribution in [-0.4, -0.2) is 0 Å². The molecule has 0 atom stereocenters. The van der Waals surface area contributed by atoms with Crippen LogP contribution >= 0.6 is 11.6 Å². The molecule has 2 rings (SSSR count). The third-order valence-electron chi connectivity index (χ3n) is 2.95. The molecule has 1 aromatic rings. The van der Waals surface area contributed by atoms with Crippen LogP contribution in [0.1, 0.15) is 24.8 Å². The van der Waals surface area contributed by atoms with Crippen LogP contribution in [0.4, 0.5) is 8.78 Å². The first-order chi connectivity index (χ1) is 7.09. The van der Waals surface area contributed by atoms with Gasteiger partial charge in [-0.15, -0.1) is 0 Å². The van der Waals surface area contributed by atoms with E-state index in [1.165, 1.54) is 0 Å². The molecule has 0 radical (unpaired) electrons. The second-order valence-electron chi connectivity index (χ2n) is 3.79. The third kappa shape index (κ3) is 1.49. The molecule has 0 unspecified atom stereocenters. The average molecular weight is 228 g/mol. The zero-order valence-corrected chi connectivity index (χ0v) is 8.61. The van der Waals surface area contributed by atoms with Crippen LogP contribution in [0.5, 0.6) is 0 Å². The molecule has 1 saturated carbocycles. The standard InChI is InChI=1S/C11H8ClF2N/c12-8-5-10(14)9(13)4-7(8)11(6-15)2-1-3-11/h4-5H,1-3H2. The van der Waals surface area contributed by atoms with E-state index in [0.717, 1.165) is 18.6 Å². The van der Waals surface area contributed by atoms with Gasteiger partial charge >= 0.3 is 0 Å². The van der Waals surface area contributed by atoms with Gasteiger partial charge in [0.1, 0.15) is 0 Å². The van der Waals surface area contributed by atoms with Crippen LogP contribution in [0, 0.1) is 23.0 Å². The Labute approximate surface area is 91.3 Å². The fourth-order valence-electron chi connectivity index (χ4n) is 1.86. The molecule has 1 nitrogen and oxygen atoms in total. The van der Waals surface area contributed by atoms with E-state index in [1.54, 1.807) is 0 Å². The van der Waals surface area contributed by atoms with Crippen LogP contribution in [-0.2, 0) is 5.41 Å². The Bertz CT molecular complexity index is 447. The number of hydrogen-bond acceptors (Lipinski definition) is 1. The van der Waals surface area contributed by atoms with Crippen LogP contribution in [0.2, 0.25) is 5.02 Å². The molecule has 0 N–H and O–H groups in total. The average Bonchev–Trinajstić information content (AvgIpc) is 2.12. The Morgan fingerprint density at radius 3 is 2.33 bits per heavy atom. The van der Waals surface area contributed by atoms with Gasteiger partial charge in [-0.1, -0.05) is 11.6 Å². The van der Waals surface area contributed by atoms with Crippen LogP contribution in [0.15, 0.2) is 12.1 Å². The van der Waals surface area contributed by atoms with Gasteiger partial charge in [-0.25, -0.2) is 8.78 Å². The number of halogens is 3. The van der Waals surface area contributed by atoms with E-state index in [4.69, 9.17) is 16.9 Å². The Kier molecular flexibility index (Phi) is 2.40.